The molecule has 52 heavy (non-hydrogen) atoms. The summed E-state index contributed by atoms with van der Waals surface area (Å²) >= 11 is 14.2. The lowest BCUT2D eigenvalue weighted by Crippen LogP contribution is -2.41. The maximum absolute atomic E-state index is 12.6. The fourth-order valence-electron chi connectivity index (χ4n) is 6.02. The number of pyridine rings is 3. The lowest BCUT2D eigenvalue weighted by Gasteiger charge is -2.30. The van der Waals surface area contributed by atoms with E-state index in [2.05, 4.69) is 39.5 Å². The van der Waals surface area contributed by atoms with Gasteiger partial charge in [-0.2, -0.15) is 0 Å². The number of ether oxygens (including phenoxy) is 3. The molecule has 2 N–H and O–H groups in total. The molecule has 0 saturated carbocycles. The smallest absolute Gasteiger partial charge is 0.407 e. The first kappa shape index (κ1) is 36.8. The molecule has 2 amide bonds. The number of hydrogen-bond donors (Lipinski definition) is 2. The van der Waals surface area contributed by atoms with Crippen LogP contribution in [0.25, 0.3) is 39.3 Å². The molecule has 4 aromatic heterocycles. The Hall–Kier alpha value is -4.98. The summed E-state index contributed by atoms with van der Waals surface area (Å²) in [4.78, 5) is 39.9. The van der Waals surface area contributed by atoms with Gasteiger partial charge in [0.2, 0.25) is 11.8 Å². The minimum absolute atomic E-state index is 0.0256. The topological polar surface area (TPSA) is 145 Å². The molecule has 1 saturated heterocycles. The molecule has 13 nitrogen and oxygen atoms in total. The van der Waals surface area contributed by atoms with Gasteiger partial charge in [-0.05, 0) is 24.3 Å². The van der Waals surface area contributed by atoms with Crippen LogP contribution in [0.3, 0.4) is 0 Å². The predicted octanol–water partition coefficient (Wildman–Crippen LogP) is 6.58. The largest absolute Gasteiger partial charge is 0.493 e. The SMILES string of the molecule is COc1nc(-c2cccc(-c3ccnc(-c4cc(OC)c5nc(CNC(C)C)nn5c4)c3Cl)c2Cl)ccc1CNC(=O)OC1CCN(C(C)=O)CC1. The minimum Gasteiger partial charge on any atom is -0.493 e. The van der Waals surface area contributed by atoms with Crippen LogP contribution < -0.4 is 20.1 Å². The fraction of sp³-hybridized carbons (Fsp3) is 0.351. The van der Waals surface area contributed by atoms with E-state index in [1.54, 1.807) is 29.6 Å². The van der Waals surface area contributed by atoms with Crippen LogP contribution in [-0.2, 0) is 22.6 Å². The molecule has 5 aromatic rings. The van der Waals surface area contributed by atoms with Gasteiger partial charge in [-0.3, -0.25) is 9.78 Å². The number of fused-ring (bicyclic) bond motifs is 1. The second-order valence-corrected chi connectivity index (χ2v) is 13.4. The van der Waals surface area contributed by atoms with Crippen molar-refractivity contribution in [3.8, 4) is 45.3 Å². The van der Waals surface area contributed by atoms with Crippen LogP contribution in [0.15, 0.2) is 54.9 Å². The maximum atomic E-state index is 12.6. The van der Waals surface area contributed by atoms with E-state index in [-0.39, 0.29) is 24.6 Å². The minimum atomic E-state index is -0.542. The molecule has 0 atom stereocenters. The van der Waals surface area contributed by atoms with Gasteiger partial charge < -0.3 is 29.7 Å². The molecule has 0 spiro atoms. The van der Waals surface area contributed by atoms with Crippen LogP contribution in [0.2, 0.25) is 10.0 Å². The molecular formula is C37H40Cl2N8O5. The number of aromatic nitrogens is 5. The third kappa shape index (κ3) is 8.06. The van der Waals surface area contributed by atoms with E-state index in [9.17, 15) is 9.59 Å². The molecule has 1 fully saturated rings. The molecule has 0 bridgehead atoms. The number of rotatable bonds is 11. The molecule has 0 aliphatic carbocycles. The van der Waals surface area contributed by atoms with Crippen LogP contribution in [0.4, 0.5) is 4.79 Å². The molecule has 15 heteroatoms. The highest BCUT2D eigenvalue weighted by molar-refractivity contribution is 6.39. The number of hydrogen-bond acceptors (Lipinski definition) is 10. The van der Waals surface area contributed by atoms with Gasteiger partial charge in [0.15, 0.2) is 17.2 Å². The van der Waals surface area contributed by atoms with Crippen molar-refractivity contribution >= 4 is 40.8 Å². The Bertz CT molecular complexity index is 2100. The highest BCUT2D eigenvalue weighted by Crippen LogP contribution is 2.42. The zero-order valence-corrected chi connectivity index (χ0v) is 31.1. The summed E-state index contributed by atoms with van der Waals surface area (Å²) in [5.41, 5.74) is 5.06. The van der Waals surface area contributed by atoms with Gasteiger partial charge in [-0.1, -0.05) is 55.2 Å². The monoisotopic (exact) mass is 746 g/mol. The van der Waals surface area contributed by atoms with Gasteiger partial charge in [0.25, 0.3) is 0 Å². The molecule has 0 unspecified atom stereocenters. The van der Waals surface area contributed by atoms with E-state index in [1.165, 1.54) is 7.11 Å². The maximum Gasteiger partial charge on any atom is 0.407 e. The quantitative estimate of drug-likeness (QED) is 0.152. The Balaban J connectivity index is 1.22. The third-order valence-electron chi connectivity index (χ3n) is 8.78. The van der Waals surface area contributed by atoms with Crippen molar-refractivity contribution in [2.75, 3.05) is 27.3 Å². The molecule has 272 valence electrons. The summed E-state index contributed by atoms with van der Waals surface area (Å²) in [6, 6.07) is 13.2. The van der Waals surface area contributed by atoms with E-state index in [4.69, 9.17) is 42.4 Å². The number of benzene rings is 1. The number of likely N-dealkylation sites (tertiary alicyclic amines) is 1. The fourth-order valence-corrected chi connectivity index (χ4v) is 6.67. The summed E-state index contributed by atoms with van der Waals surface area (Å²) < 4.78 is 18.5. The van der Waals surface area contributed by atoms with Crippen LogP contribution in [0.5, 0.6) is 11.6 Å². The molecular weight excluding hydrogens is 707 g/mol. The zero-order chi connectivity index (χ0) is 36.9. The highest BCUT2D eigenvalue weighted by Gasteiger charge is 2.24. The predicted molar refractivity (Wildman–Crippen MR) is 199 cm³/mol. The summed E-state index contributed by atoms with van der Waals surface area (Å²) in [6.45, 7) is 7.46. The highest BCUT2D eigenvalue weighted by atomic mass is 35.5. The van der Waals surface area contributed by atoms with Gasteiger partial charge in [-0.15, -0.1) is 5.10 Å². The number of alkyl carbamates (subject to hydrolysis) is 1. The van der Waals surface area contributed by atoms with Crippen molar-refractivity contribution < 1.29 is 23.8 Å². The number of nitrogens with zero attached hydrogens (tertiary/aromatic N) is 6. The van der Waals surface area contributed by atoms with Gasteiger partial charge in [0.05, 0.1) is 48.7 Å². The van der Waals surface area contributed by atoms with E-state index in [0.717, 1.165) is 0 Å². The summed E-state index contributed by atoms with van der Waals surface area (Å²) in [7, 11) is 3.10. The number of methoxy groups -OCH3 is 2. The van der Waals surface area contributed by atoms with Gasteiger partial charge in [0, 0.05) is 79.1 Å². The Morgan fingerprint density at radius 3 is 2.42 bits per heavy atom. The van der Waals surface area contributed by atoms with Crippen molar-refractivity contribution in [2.45, 2.75) is 58.8 Å². The standard InChI is InChI=1S/C37H40Cl2N8O5/c1-21(2)41-19-31-44-35-30(50-4)17-24(20-47(35)45-31)34-33(39)27(11-14-40-34)26-7-6-8-28(32(26)38)29-10-9-23(36(43-29)51-5)18-42-37(49)52-25-12-15-46(16-13-25)22(3)48/h6-11,14,17,20-21,25,41H,12-13,15-16,18-19H2,1-5H3,(H,42,49). The first-order valence-electron chi connectivity index (χ1n) is 16.9. The van der Waals surface area contributed by atoms with Gasteiger partial charge in [-0.25, -0.2) is 19.3 Å². The molecule has 6 rings (SSSR count). The number of carbonyl (C=O) groups is 2. The van der Waals surface area contributed by atoms with Crippen molar-refractivity contribution in [1.82, 2.24) is 40.1 Å². The second kappa shape index (κ2) is 16.1. The second-order valence-electron chi connectivity index (χ2n) is 12.6. The number of amides is 2. The Morgan fingerprint density at radius 2 is 1.71 bits per heavy atom. The zero-order valence-electron chi connectivity index (χ0n) is 29.6. The first-order valence-corrected chi connectivity index (χ1v) is 17.7. The van der Waals surface area contributed by atoms with Crippen molar-refractivity contribution in [2.24, 2.45) is 0 Å². The summed E-state index contributed by atoms with van der Waals surface area (Å²) in [5, 5.41) is 11.6. The van der Waals surface area contributed by atoms with E-state index in [1.807, 2.05) is 48.7 Å². The van der Waals surface area contributed by atoms with E-state index >= 15 is 0 Å². The van der Waals surface area contributed by atoms with Crippen LogP contribution in [-0.4, -0.2) is 80.9 Å². The molecule has 1 aliphatic heterocycles. The van der Waals surface area contributed by atoms with E-state index in [0.29, 0.717) is 105 Å². The number of piperidine rings is 1. The normalized spacial score (nSPS) is 13.4. The molecule has 1 aromatic carbocycles. The average molecular weight is 748 g/mol. The van der Waals surface area contributed by atoms with Crippen LogP contribution >= 0.6 is 23.2 Å². The Labute approximate surface area is 311 Å². The first-order chi connectivity index (χ1) is 25.1. The number of carbonyl (C=O) groups excluding carboxylic acids is 2. The lowest BCUT2D eigenvalue weighted by atomic mass is 10.00. The van der Waals surface area contributed by atoms with Crippen LogP contribution in [0, 0.1) is 0 Å². The van der Waals surface area contributed by atoms with Crippen LogP contribution in [0.1, 0.15) is 45.0 Å². The molecule has 5 heterocycles. The molecule has 1 aliphatic rings. The Kier molecular flexibility index (Phi) is 11.4. The third-order valence-corrected chi connectivity index (χ3v) is 9.57. The van der Waals surface area contributed by atoms with Crippen molar-refractivity contribution in [1.29, 1.82) is 0 Å². The lowest BCUT2D eigenvalue weighted by molar-refractivity contribution is -0.130. The van der Waals surface area contributed by atoms with Gasteiger partial charge >= 0.3 is 6.09 Å². The van der Waals surface area contributed by atoms with Gasteiger partial charge in [0.1, 0.15) is 6.10 Å². The van der Waals surface area contributed by atoms with E-state index < -0.39 is 6.09 Å². The average Bonchev–Trinajstić information content (AvgIpc) is 3.56. The van der Waals surface area contributed by atoms with Crippen molar-refractivity contribution in [3.63, 3.8) is 0 Å². The summed E-state index contributed by atoms with van der Waals surface area (Å²) in [5.74, 6) is 1.53. The summed E-state index contributed by atoms with van der Waals surface area (Å²) in [6.07, 6.45) is 3.92. The van der Waals surface area contributed by atoms with Crippen molar-refractivity contribution in [3.05, 3.63) is 76.3 Å². The number of halogens is 2. The molecule has 0 radical (unpaired) electrons. The number of nitrogens with one attached hydrogen (secondary N) is 2. The Morgan fingerprint density at radius 1 is 0.962 bits per heavy atom.